The summed E-state index contributed by atoms with van der Waals surface area (Å²) in [6.45, 7) is 4.21. The van der Waals surface area contributed by atoms with Crippen LogP contribution in [0.15, 0.2) is 0 Å². The minimum Gasteiger partial charge on any atom is -0.370 e. The maximum absolute atomic E-state index is 10.8. The summed E-state index contributed by atoms with van der Waals surface area (Å²) >= 11 is 0. The van der Waals surface area contributed by atoms with Gasteiger partial charge in [0.1, 0.15) is 0 Å². The maximum Gasteiger partial charge on any atom is 0.234 e. The van der Waals surface area contributed by atoms with Crippen LogP contribution in [0.5, 0.6) is 0 Å². The van der Waals surface area contributed by atoms with Crippen molar-refractivity contribution in [3.05, 3.63) is 0 Å². The number of methoxy groups -OCH3 is 1. The molecular formula is C7H16N2O2. The Hall–Kier alpha value is -0.610. The van der Waals surface area contributed by atoms with E-state index >= 15 is 0 Å². The second-order valence-corrected chi connectivity index (χ2v) is 2.76. The van der Waals surface area contributed by atoms with Crippen LogP contribution in [0, 0.1) is 5.92 Å². The van der Waals surface area contributed by atoms with Gasteiger partial charge in [0.15, 0.2) is 0 Å². The zero-order chi connectivity index (χ0) is 8.85. The smallest absolute Gasteiger partial charge is 0.234 e. The van der Waals surface area contributed by atoms with Crippen LogP contribution in [0.25, 0.3) is 0 Å². The predicted molar refractivity (Wildman–Crippen MR) is 42.8 cm³/mol. The van der Waals surface area contributed by atoms with Crippen LogP contribution in [0.3, 0.4) is 0 Å². The number of hydrogen-bond acceptors (Lipinski definition) is 3. The molecule has 0 rings (SSSR count). The number of hydrogen-bond donors (Lipinski definition) is 2. The van der Waals surface area contributed by atoms with Gasteiger partial charge in [0, 0.05) is 7.11 Å². The number of nitrogens with one attached hydrogen (secondary N) is 1. The van der Waals surface area contributed by atoms with E-state index < -0.39 is 0 Å². The summed E-state index contributed by atoms with van der Waals surface area (Å²) in [5.41, 5.74) is 5.12. The van der Waals surface area contributed by atoms with Crippen molar-refractivity contribution >= 4 is 5.91 Å². The maximum atomic E-state index is 10.8. The second kappa shape index (κ2) is 5.09. The molecule has 66 valence electrons. The summed E-state index contributed by atoms with van der Waals surface area (Å²) < 4.78 is 4.75. The Bertz CT molecular complexity index is 126. The van der Waals surface area contributed by atoms with Crippen LogP contribution in [-0.4, -0.2) is 25.8 Å². The largest absolute Gasteiger partial charge is 0.370 e. The van der Waals surface area contributed by atoms with E-state index in [-0.39, 0.29) is 17.9 Å². The fraction of sp³-hybridized carbons (Fsp3) is 0.857. The van der Waals surface area contributed by atoms with Gasteiger partial charge in [-0.2, -0.15) is 0 Å². The first-order valence-corrected chi connectivity index (χ1v) is 3.61. The average Bonchev–Trinajstić information content (AvgIpc) is 1.87. The van der Waals surface area contributed by atoms with E-state index in [2.05, 4.69) is 5.32 Å². The Morgan fingerprint density at radius 3 is 2.45 bits per heavy atom. The van der Waals surface area contributed by atoms with E-state index in [0.29, 0.717) is 6.73 Å². The van der Waals surface area contributed by atoms with Crippen molar-refractivity contribution in [3.63, 3.8) is 0 Å². The van der Waals surface area contributed by atoms with E-state index in [0.717, 1.165) is 0 Å². The molecule has 0 heterocycles. The Kier molecular flexibility index (Phi) is 4.81. The number of nitrogens with two attached hydrogens (primary N) is 1. The topological polar surface area (TPSA) is 64.3 Å². The molecule has 0 aliphatic rings. The summed E-state index contributed by atoms with van der Waals surface area (Å²) in [6.07, 6.45) is 0. The van der Waals surface area contributed by atoms with Gasteiger partial charge >= 0.3 is 0 Å². The summed E-state index contributed by atoms with van der Waals surface area (Å²) in [4.78, 5) is 10.8. The number of carbonyl (C=O) groups is 1. The standard InChI is InChI=1S/C7H16N2O2/c1-5(2)6(7(8)10)9-4-11-3/h5-6,9H,4H2,1-3H3,(H2,8,10). The minimum atomic E-state index is -0.336. The molecule has 0 aromatic rings. The molecule has 0 aliphatic carbocycles. The van der Waals surface area contributed by atoms with Gasteiger partial charge in [-0.05, 0) is 5.92 Å². The van der Waals surface area contributed by atoms with Gasteiger partial charge < -0.3 is 10.5 Å². The molecule has 0 radical (unpaired) electrons. The minimum absolute atomic E-state index is 0.197. The first-order chi connectivity index (χ1) is 5.09. The van der Waals surface area contributed by atoms with Gasteiger partial charge in [-0.15, -0.1) is 0 Å². The normalized spacial score (nSPS) is 13.5. The number of rotatable bonds is 5. The molecule has 1 amide bonds. The number of amides is 1. The lowest BCUT2D eigenvalue weighted by atomic mass is 10.0. The SMILES string of the molecule is COCNC(C(N)=O)C(C)C. The van der Waals surface area contributed by atoms with E-state index in [4.69, 9.17) is 10.5 Å². The van der Waals surface area contributed by atoms with Crippen molar-refractivity contribution in [1.29, 1.82) is 0 Å². The van der Waals surface area contributed by atoms with Crippen molar-refractivity contribution in [2.45, 2.75) is 19.9 Å². The molecule has 4 nitrogen and oxygen atoms in total. The average molecular weight is 160 g/mol. The van der Waals surface area contributed by atoms with E-state index in [1.54, 1.807) is 7.11 Å². The molecule has 0 saturated heterocycles. The summed E-state index contributed by atoms with van der Waals surface area (Å²) in [6, 6.07) is -0.296. The molecule has 0 aromatic heterocycles. The third-order valence-corrected chi connectivity index (χ3v) is 1.42. The highest BCUT2D eigenvalue weighted by molar-refractivity contribution is 5.80. The molecular weight excluding hydrogens is 144 g/mol. The molecule has 0 bridgehead atoms. The van der Waals surface area contributed by atoms with Gasteiger partial charge in [0.2, 0.25) is 5.91 Å². The molecule has 0 aliphatic heterocycles. The highest BCUT2D eigenvalue weighted by atomic mass is 16.5. The fourth-order valence-corrected chi connectivity index (χ4v) is 0.838. The molecule has 4 heteroatoms. The lowest BCUT2D eigenvalue weighted by molar-refractivity contribution is -0.121. The summed E-state index contributed by atoms with van der Waals surface area (Å²) in [5.74, 6) is -0.139. The lowest BCUT2D eigenvalue weighted by Crippen LogP contribution is -2.45. The van der Waals surface area contributed by atoms with Gasteiger partial charge in [0.05, 0.1) is 12.8 Å². The monoisotopic (exact) mass is 160 g/mol. The Morgan fingerprint density at radius 2 is 2.18 bits per heavy atom. The van der Waals surface area contributed by atoms with Crippen molar-refractivity contribution in [1.82, 2.24) is 5.32 Å². The lowest BCUT2D eigenvalue weighted by Gasteiger charge is -2.17. The van der Waals surface area contributed by atoms with Crippen molar-refractivity contribution in [2.24, 2.45) is 11.7 Å². The molecule has 0 spiro atoms. The molecule has 0 saturated carbocycles. The van der Waals surface area contributed by atoms with E-state index in [1.165, 1.54) is 0 Å². The van der Waals surface area contributed by atoms with Gasteiger partial charge in [-0.1, -0.05) is 13.8 Å². The molecule has 11 heavy (non-hydrogen) atoms. The van der Waals surface area contributed by atoms with Crippen LogP contribution in [0.1, 0.15) is 13.8 Å². The Morgan fingerprint density at radius 1 is 1.64 bits per heavy atom. The van der Waals surface area contributed by atoms with Crippen LogP contribution in [0.4, 0.5) is 0 Å². The van der Waals surface area contributed by atoms with Crippen molar-refractivity contribution in [3.8, 4) is 0 Å². The fourth-order valence-electron chi connectivity index (χ4n) is 0.838. The van der Waals surface area contributed by atoms with Crippen LogP contribution in [0.2, 0.25) is 0 Å². The van der Waals surface area contributed by atoms with E-state index in [9.17, 15) is 4.79 Å². The third kappa shape index (κ3) is 3.95. The van der Waals surface area contributed by atoms with Crippen LogP contribution < -0.4 is 11.1 Å². The molecule has 1 atom stereocenters. The quantitative estimate of drug-likeness (QED) is 0.542. The predicted octanol–water partition coefficient (Wildman–Crippen LogP) is -0.310. The van der Waals surface area contributed by atoms with Crippen molar-refractivity contribution < 1.29 is 9.53 Å². The highest BCUT2D eigenvalue weighted by Crippen LogP contribution is 1.99. The number of ether oxygens (including phenoxy) is 1. The van der Waals surface area contributed by atoms with Crippen LogP contribution in [-0.2, 0) is 9.53 Å². The van der Waals surface area contributed by atoms with Gasteiger partial charge in [-0.3, -0.25) is 10.1 Å². The van der Waals surface area contributed by atoms with Gasteiger partial charge in [-0.25, -0.2) is 0 Å². The second-order valence-electron chi connectivity index (χ2n) is 2.76. The van der Waals surface area contributed by atoms with Crippen molar-refractivity contribution in [2.75, 3.05) is 13.8 Å². The third-order valence-electron chi connectivity index (χ3n) is 1.42. The molecule has 1 unspecified atom stereocenters. The van der Waals surface area contributed by atoms with E-state index in [1.807, 2.05) is 13.8 Å². The summed E-state index contributed by atoms with van der Waals surface area (Å²) in [5, 5.41) is 2.87. The number of carbonyl (C=O) groups excluding carboxylic acids is 1. The zero-order valence-electron chi connectivity index (χ0n) is 7.26. The first kappa shape index (κ1) is 10.4. The Labute approximate surface area is 67.1 Å². The first-order valence-electron chi connectivity index (χ1n) is 3.61. The molecule has 3 N–H and O–H groups in total. The highest BCUT2D eigenvalue weighted by Gasteiger charge is 2.17. The van der Waals surface area contributed by atoms with Gasteiger partial charge in [0.25, 0.3) is 0 Å². The number of primary amides is 1. The molecule has 0 fully saturated rings. The summed E-state index contributed by atoms with van der Waals surface area (Å²) in [7, 11) is 1.56. The zero-order valence-corrected chi connectivity index (χ0v) is 7.26. The Balaban J connectivity index is 3.80. The molecule has 0 aromatic carbocycles. The van der Waals surface area contributed by atoms with Crippen LogP contribution >= 0.6 is 0 Å².